The second-order valence-corrected chi connectivity index (χ2v) is 3.56. The fraction of sp³-hybridized carbons (Fsp3) is 0.200. The van der Waals surface area contributed by atoms with Crippen LogP contribution in [0.3, 0.4) is 0 Å². The van der Waals surface area contributed by atoms with Gasteiger partial charge in [-0.3, -0.25) is 0 Å². The molecule has 0 aliphatic heterocycles. The number of aromatic nitrogens is 3. The van der Waals surface area contributed by atoms with E-state index in [1.807, 2.05) is 19.2 Å². The molecule has 0 saturated carbocycles. The summed E-state index contributed by atoms with van der Waals surface area (Å²) in [7, 11) is 1.90. The Balaban J connectivity index is 2.42. The first-order chi connectivity index (χ1) is 7.31. The second kappa shape index (κ2) is 4.42. The molecule has 15 heavy (non-hydrogen) atoms. The first-order valence-electron chi connectivity index (χ1n) is 4.60. The summed E-state index contributed by atoms with van der Waals surface area (Å²) >= 11 is 5.81. The predicted molar refractivity (Wildman–Crippen MR) is 59.1 cm³/mol. The van der Waals surface area contributed by atoms with E-state index in [0.29, 0.717) is 5.02 Å². The van der Waals surface area contributed by atoms with Crippen molar-refractivity contribution in [1.82, 2.24) is 20.1 Å². The van der Waals surface area contributed by atoms with E-state index in [-0.39, 0.29) is 0 Å². The topological polar surface area (TPSA) is 42.7 Å². The third kappa shape index (κ3) is 2.16. The van der Waals surface area contributed by atoms with Crippen molar-refractivity contribution in [2.75, 3.05) is 7.05 Å². The minimum absolute atomic E-state index is 0.607. The number of halogens is 1. The molecule has 0 radical (unpaired) electrons. The van der Waals surface area contributed by atoms with Gasteiger partial charge in [0.15, 0.2) is 5.82 Å². The highest BCUT2D eigenvalue weighted by atomic mass is 35.5. The van der Waals surface area contributed by atoms with Gasteiger partial charge in [-0.1, -0.05) is 17.7 Å². The molecule has 0 bridgehead atoms. The van der Waals surface area contributed by atoms with Gasteiger partial charge in [0.1, 0.15) is 0 Å². The van der Waals surface area contributed by atoms with Crippen molar-refractivity contribution in [2.45, 2.75) is 6.54 Å². The normalized spacial score (nSPS) is 10.5. The first-order valence-corrected chi connectivity index (χ1v) is 4.98. The average molecular weight is 223 g/mol. The Labute approximate surface area is 92.9 Å². The van der Waals surface area contributed by atoms with Crippen LogP contribution in [0, 0.1) is 0 Å². The van der Waals surface area contributed by atoms with E-state index < -0.39 is 0 Å². The lowest BCUT2D eigenvalue weighted by atomic mass is 10.2. The summed E-state index contributed by atoms with van der Waals surface area (Å²) in [6, 6.07) is 3.91. The van der Waals surface area contributed by atoms with E-state index >= 15 is 0 Å². The Hall–Kier alpha value is -1.39. The number of hydrogen-bond donors (Lipinski definition) is 1. The zero-order valence-electron chi connectivity index (χ0n) is 8.31. The van der Waals surface area contributed by atoms with Crippen molar-refractivity contribution in [3.63, 3.8) is 0 Å². The zero-order valence-corrected chi connectivity index (χ0v) is 9.07. The molecule has 78 valence electrons. The molecule has 0 fully saturated rings. The molecular weight excluding hydrogens is 212 g/mol. The fourth-order valence-electron chi connectivity index (χ4n) is 1.38. The van der Waals surface area contributed by atoms with Crippen LogP contribution in [0.25, 0.3) is 5.82 Å². The van der Waals surface area contributed by atoms with Gasteiger partial charge in [0.05, 0.1) is 17.4 Å². The number of nitrogens with one attached hydrogen (secondary N) is 1. The molecule has 0 saturated heterocycles. The Kier molecular flexibility index (Phi) is 2.99. The SMILES string of the molecule is CNCc1cccnc1-n1cc(Cl)cn1. The first kappa shape index (κ1) is 10.1. The minimum atomic E-state index is 0.607. The Bertz CT molecular complexity index is 452. The van der Waals surface area contributed by atoms with Gasteiger partial charge in [-0.15, -0.1) is 0 Å². The Morgan fingerprint density at radius 3 is 3.07 bits per heavy atom. The lowest BCUT2D eigenvalue weighted by molar-refractivity contribution is 0.771. The highest BCUT2D eigenvalue weighted by Gasteiger charge is 2.05. The fourth-order valence-corrected chi connectivity index (χ4v) is 1.52. The van der Waals surface area contributed by atoms with Gasteiger partial charge in [0.25, 0.3) is 0 Å². The van der Waals surface area contributed by atoms with Crippen LogP contribution >= 0.6 is 11.6 Å². The molecule has 0 unspecified atom stereocenters. The summed E-state index contributed by atoms with van der Waals surface area (Å²) in [6.45, 7) is 0.751. The van der Waals surface area contributed by atoms with E-state index in [2.05, 4.69) is 15.4 Å². The highest BCUT2D eigenvalue weighted by Crippen LogP contribution is 2.13. The van der Waals surface area contributed by atoms with Crippen molar-refractivity contribution in [3.8, 4) is 5.82 Å². The summed E-state index contributed by atoms with van der Waals surface area (Å²) in [5.41, 5.74) is 1.08. The molecule has 1 N–H and O–H groups in total. The van der Waals surface area contributed by atoms with Crippen LogP contribution in [0.5, 0.6) is 0 Å². The Morgan fingerprint density at radius 1 is 1.53 bits per heavy atom. The van der Waals surface area contributed by atoms with Crippen LogP contribution in [-0.2, 0) is 6.54 Å². The van der Waals surface area contributed by atoms with Crippen LogP contribution in [0.1, 0.15) is 5.56 Å². The number of rotatable bonds is 3. The van der Waals surface area contributed by atoms with Crippen molar-refractivity contribution in [3.05, 3.63) is 41.3 Å². The minimum Gasteiger partial charge on any atom is -0.316 e. The highest BCUT2D eigenvalue weighted by molar-refractivity contribution is 6.30. The Morgan fingerprint density at radius 2 is 2.40 bits per heavy atom. The molecule has 0 aliphatic carbocycles. The molecule has 4 nitrogen and oxygen atoms in total. The number of pyridine rings is 1. The van der Waals surface area contributed by atoms with E-state index in [1.165, 1.54) is 0 Å². The summed E-state index contributed by atoms with van der Waals surface area (Å²) < 4.78 is 1.68. The van der Waals surface area contributed by atoms with Crippen molar-refractivity contribution >= 4 is 11.6 Å². The molecule has 0 aliphatic rings. The summed E-state index contributed by atoms with van der Waals surface area (Å²) in [6.07, 6.45) is 5.08. The largest absolute Gasteiger partial charge is 0.316 e. The van der Waals surface area contributed by atoms with E-state index in [0.717, 1.165) is 17.9 Å². The van der Waals surface area contributed by atoms with Crippen molar-refractivity contribution in [1.29, 1.82) is 0 Å². The van der Waals surface area contributed by atoms with Crippen LogP contribution in [0.15, 0.2) is 30.7 Å². The van der Waals surface area contributed by atoms with Gasteiger partial charge in [-0.25, -0.2) is 9.67 Å². The maximum absolute atomic E-state index is 5.81. The number of hydrogen-bond acceptors (Lipinski definition) is 3. The van der Waals surface area contributed by atoms with Crippen LogP contribution in [0.4, 0.5) is 0 Å². The van der Waals surface area contributed by atoms with Gasteiger partial charge in [-0.05, 0) is 13.1 Å². The standard InChI is InChI=1S/C10H11ClN4/c1-12-5-8-3-2-4-13-10(8)15-7-9(11)6-14-15/h2-4,6-7,12H,5H2,1H3. The van der Waals surface area contributed by atoms with Gasteiger partial charge >= 0.3 is 0 Å². The molecule has 2 aromatic rings. The smallest absolute Gasteiger partial charge is 0.157 e. The maximum Gasteiger partial charge on any atom is 0.157 e. The lowest BCUT2D eigenvalue weighted by Gasteiger charge is -2.06. The van der Waals surface area contributed by atoms with E-state index in [1.54, 1.807) is 23.3 Å². The lowest BCUT2D eigenvalue weighted by Crippen LogP contribution is -2.10. The monoisotopic (exact) mass is 222 g/mol. The molecule has 0 atom stereocenters. The molecule has 0 amide bonds. The summed E-state index contributed by atoms with van der Waals surface area (Å²) in [5, 5.41) is 7.82. The van der Waals surface area contributed by atoms with Crippen molar-refractivity contribution in [2.24, 2.45) is 0 Å². The second-order valence-electron chi connectivity index (χ2n) is 3.12. The van der Waals surface area contributed by atoms with Gasteiger partial charge < -0.3 is 5.32 Å². The number of nitrogens with zero attached hydrogens (tertiary/aromatic N) is 3. The molecule has 2 aromatic heterocycles. The van der Waals surface area contributed by atoms with Crippen LogP contribution < -0.4 is 5.32 Å². The van der Waals surface area contributed by atoms with Gasteiger partial charge in [-0.2, -0.15) is 5.10 Å². The third-order valence-corrected chi connectivity index (χ3v) is 2.20. The van der Waals surface area contributed by atoms with Crippen molar-refractivity contribution < 1.29 is 0 Å². The van der Waals surface area contributed by atoms with Gasteiger partial charge in [0.2, 0.25) is 0 Å². The third-order valence-electron chi connectivity index (χ3n) is 2.00. The molecule has 2 heterocycles. The van der Waals surface area contributed by atoms with E-state index in [9.17, 15) is 0 Å². The van der Waals surface area contributed by atoms with Gasteiger partial charge in [0, 0.05) is 18.3 Å². The quantitative estimate of drug-likeness (QED) is 0.859. The molecule has 2 rings (SSSR count). The van der Waals surface area contributed by atoms with E-state index in [4.69, 9.17) is 11.6 Å². The maximum atomic E-state index is 5.81. The van der Waals surface area contributed by atoms with Crippen LogP contribution in [-0.4, -0.2) is 21.8 Å². The van der Waals surface area contributed by atoms with Crippen LogP contribution in [0.2, 0.25) is 5.02 Å². The molecule has 5 heteroatoms. The molecule has 0 aromatic carbocycles. The summed E-state index contributed by atoms with van der Waals surface area (Å²) in [4.78, 5) is 4.28. The predicted octanol–water partition coefficient (Wildman–Crippen LogP) is 1.64. The molecule has 0 spiro atoms. The zero-order chi connectivity index (χ0) is 10.7. The average Bonchev–Trinajstić information content (AvgIpc) is 2.66. The molecular formula is C10H11ClN4. The summed E-state index contributed by atoms with van der Waals surface area (Å²) in [5.74, 6) is 0.804.